The van der Waals surface area contributed by atoms with Gasteiger partial charge in [0.05, 0.1) is 10.2 Å². The largest absolute Gasteiger partial charge is 0.488 e. The molecule has 0 amide bonds. The average Bonchev–Trinajstić information content (AvgIpc) is 2.63. The normalized spacial score (nSPS) is 11.1. The molecule has 0 aliphatic heterocycles. The molecule has 0 heterocycles. The van der Waals surface area contributed by atoms with E-state index < -0.39 is 0 Å². The molecule has 2 nitrogen and oxygen atoms in total. The minimum absolute atomic E-state index is 0.248. The van der Waals surface area contributed by atoms with E-state index in [1.807, 2.05) is 30.5 Å². The molecular weight excluding hydrogens is 393 g/mol. The molecule has 0 radical (unpaired) electrons. The third-order valence-corrected chi connectivity index (χ3v) is 4.74. The van der Waals surface area contributed by atoms with E-state index in [-0.39, 0.29) is 5.82 Å². The summed E-state index contributed by atoms with van der Waals surface area (Å²) >= 11 is 3.53. The Bertz CT molecular complexity index is 935. The van der Waals surface area contributed by atoms with Crippen LogP contribution in [-0.4, -0.2) is 6.21 Å². The van der Waals surface area contributed by atoms with Gasteiger partial charge in [-0.25, -0.2) is 4.39 Å². The first-order valence-corrected chi connectivity index (χ1v) is 9.09. The fourth-order valence-electron chi connectivity index (χ4n) is 2.41. The minimum atomic E-state index is -0.248. The molecule has 0 unspecified atom stereocenters. The molecule has 132 valence electrons. The Morgan fingerprint density at radius 2 is 1.73 bits per heavy atom. The second-order valence-corrected chi connectivity index (χ2v) is 6.99. The van der Waals surface area contributed by atoms with Crippen LogP contribution in [0, 0.1) is 19.7 Å². The Kier molecular flexibility index (Phi) is 5.84. The van der Waals surface area contributed by atoms with Gasteiger partial charge < -0.3 is 4.74 Å². The van der Waals surface area contributed by atoms with E-state index in [2.05, 4.69) is 46.9 Å². The molecule has 3 rings (SSSR count). The Hall–Kier alpha value is -2.46. The van der Waals surface area contributed by atoms with Gasteiger partial charge in [-0.3, -0.25) is 4.99 Å². The molecule has 4 heteroatoms. The third kappa shape index (κ3) is 4.79. The molecule has 0 aromatic heterocycles. The average molecular weight is 412 g/mol. The topological polar surface area (TPSA) is 21.6 Å². The van der Waals surface area contributed by atoms with Gasteiger partial charge in [0.2, 0.25) is 0 Å². The molecule has 0 saturated heterocycles. The zero-order valence-electron chi connectivity index (χ0n) is 14.7. The molecule has 26 heavy (non-hydrogen) atoms. The first kappa shape index (κ1) is 18.3. The highest BCUT2D eigenvalue weighted by molar-refractivity contribution is 9.10. The van der Waals surface area contributed by atoms with Crippen LogP contribution in [0.1, 0.15) is 22.3 Å². The van der Waals surface area contributed by atoms with Gasteiger partial charge in [-0.05, 0) is 94.5 Å². The van der Waals surface area contributed by atoms with Crippen molar-refractivity contribution in [2.24, 2.45) is 4.99 Å². The Balaban J connectivity index is 1.67. The number of hydrogen-bond donors (Lipinski definition) is 0. The summed E-state index contributed by atoms with van der Waals surface area (Å²) in [6.07, 6.45) is 1.83. The fraction of sp³-hybridized carbons (Fsp3) is 0.136. The fourth-order valence-corrected chi connectivity index (χ4v) is 2.92. The van der Waals surface area contributed by atoms with Crippen LogP contribution < -0.4 is 4.74 Å². The number of aliphatic imine (C=N–C) groups is 1. The minimum Gasteiger partial charge on any atom is -0.488 e. The lowest BCUT2D eigenvalue weighted by molar-refractivity contribution is 0.304. The van der Waals surface area contributed by atoms with Crippen LogP contribution in [-0.2, 0) is 6.61 Å². The molecule has 0 spiro atoms. The van der Waals surface area contributed by atoms with E-state index in [9.17, 15) is 4.39 Å². The Labute approximate surface area is 161 Å². The zero-order valence-corrected chi connectivity index (χ0v) is 16.3. The standard InChI is InChI=1S/C22H19BrFNO/c1-15-3-9-20(11-16(15)2)25-13-18-6-10-22(21(23)12-18)26-14-17-4-7-19(24)8-5-17/h3-13H,14H2,1-2H3. The van der Waals surface area contributed by atoms with Crippen LogP contribution in [0.3, 0.4) is 0 Å². The summed E-state index contributed by atoms with van der Waals surface area (Å²) in [5.41, 5.74) is 5.31. The van der Waals surface area contributed by atoms with Crippen LogP contribution >= 0.6 is 15.9 Å². The predicted octanol–water partition coefficient (Wildman–Crippen LogP) is 6.53. The lowest BCUT2D eigenvalue weighted by atomic mass is 10.1. The number of hydrogen-bond acceptors (Lipinski definition) is 2. The molecule has 0 aliphatic carbocycles. The maximum Gasteiger partial charge on any atom is 0.134 e. The van der Waals surface area contributed by atoms with Gasteiger partial charge in [0.1, 0.15) is 18.2 Å². The number of rotatable bonds is 5. The third-order valence-electron chi connectivity index (χ3n) is 4.12. The van der Waals surface area contributed by atoms with Crippen molar-refractivity contribution in [3.8, 4) is 5.75 Å². The molecule has 3 aromatic carbocycles. The number of benzene rings is 3. The van der Waals surface area contributed by atoms with Crippen LogP contribution in [0.2, 0.25) is 0 Å². The summed E-state index contributed by atoms with van der Waals surface area (Å²) in [5.74, 6) is 0.486. The number of nitrogens with zero attached hydrogens (tertiary/aromatic N) is 1. The molecule has 0 saturated carbocycles. The summed E-state index contributed by atoms with van der Waals surface area (Å²) in [5, 5.41) is 0. The first-order chi connectivity index (χ1) is 12.5. The smallest absolute Gasteiger partial charge is 0.134 e. The summed E-state index contributed by atoms with van der Waals surface area (Å²) in [7, 11) is 0. The van der Waals surface area contributed by atoms with Crippen molar-refractivity contribution in [1.29, 1.82) is 0 Å². The molecule has 0 bridgehead atoms. The van der Waals surface area contributed by atoms with Crippen molar-refractivity contribution < 1.29 is 9.13 Å². The van der Waals surface area contributed by atoms with Crippen molar-refractivity contribution in [1.82, 2.24) is 0 Å². The van der Waals surface area contributed by atoms with E-state index in [4.69, 9.17) is 4.74 Å². The van der Waals surface area contributed by atoms with Crippen molar-refractivity contribution >= 4 is 27.8 Å². The lowest BCUT2D eigenvalue weighted by Crippen LogP contribution is -1.96. The highest BCUT2D eigenvalue weighted by Gasteiger charge is 2.03. The summed E-state index contributed by atoms with van der Waals surface area (Å²) in [6.45, 7) is 4.55. The maximum atomic E-state index is 12.9. The van der Waals surface area contributed by atoms with Gasteiger partial charge in [0.25, 0.3) is 0 Å². The van der Waals surface area contributed by atoms with Gasteiger partial charge in [-0.2, -0.15) is 0 Å². The summed E-state index contributed by atoms with van der Waals surface area (Å²) in [4.78, 5) is 4.53. The molecular formula is C22H19BrFNO. The highest BCUT2D eigenvalue weighted by atomic mass is 79.9. The maximum absolute atomic E-state index is 12.9. The summed E-state index contributed by atoms with van der Waals surface area (Å²) < 4.78 is 19.6. The Morgan fingerprint density at radius 1 is 0.962 bits per heavy atom. The van der Waals surface area contributed by atoms with Gasteiger partial charge in [-0.1, -0.05) is 18.2 Å². The van der Waals surface area contributed by atoms with Crippen LogP contribution in [0.5, 0.6) is 5.75 Å². The second-order valence-electron chi connectivity index (χ2n) is 6.13. The van der Waals surface area contributed by atoms with Crippen molar-refractivity contribution in [2.75, 3.05) is 0 Å². The Morgan fingerprint density at radius 3 is 2.42 bits per heavy atom. The van der Waals surface area contributed by atoms with E-state index in [1.54, 1.807) is 12.1 Å². The van der Waals surface area contributed by atoms with Gasteiger partial charge in [0, 0.05) is 6.21 Å². The number of aryl methyl sites for hydroxylation is 2. The van der Waals surface area contributed by atoms with Crippen LogP contribution in [0.25, 0.3) is 0 Å². The van der Waals surface area contributed by atoms with Gasteiger partial charge in [0.15, 0.2) is 0 Å². The van der Waals surface area contributed by atoms with Crippen LogP contribution in [0.4, 0.5) is 10.1 Å². The van der Waals surface area contributed by atoms with E-state index >= 15 is 0 Å². The predicted molar refractivity (Wildman–Crippen MR) is 108 cm³/mol. The van der Waals surface area contributed by atoms with Gasteiger partial charge >= 0.3 is 0 Å². The zero-order chi connectivity index (χ0) is 18.5. The van der Waals surface area contributed by atoms with Crippen LogP contribution in [0.15, 0.2) is 70.1 Å². The molecule has 0 atom stereocenters. The molecule has 0 fully saturated rings. The number of halogens is 2. The molecule has 0 aliphatic rings. The summed E-state index contributed by atoms with van der Waals surface area (Å²) in [6, 6.07) is 18.3. The van der Waals surface area contributed by atoms with Gasteiger partial charge in [-0.15, -0.1) is 0 Å². The van der Waals surface area contributed by atoms with Crippen molar-refractivity contribution in [2.45, 2.75) is 20.5 Å². The van der Waals surface area contributed by atoms with Crippen molar-refractivity contribution in [3.63, 3.8) is 0 Å². The quantitative estimate of drug-likeness (QED) is 0.437. The van der Waals surface area contributed by atoms with E-state index in [0.29, 0.717) is 6.61 Å². The van der Waals surface area contributed by atoms with E-state index in [0.717, 1.165) is 27.0 Å². The molecule has 3 aromatic rings. The van der Waals surface area contributed by atoms with E-state index in [1.165, 1.54) is 23.3 Å². The first-order valence-electron chi connectivity index (χ1n) is 8.29. The SMILES string of the molecule is Cc1ccc(N=Cc2ccc(OCc3ccc(F)cc3)c(Br)c2)cc1C. The van der Waals surface area contributed by atoms with Crippen molar-refractivity contribution in [3.05, 3.63) is 93.2 Å². The second kappa shape index (κ2) is 8.28. The monoisotopic (exact) mass is 411 g/mol. The molecule has 0 N–H and O–H groups in total. The lowest BCUT2D eigenvalue weighted by Gasteiger charge is -2.09. The highest BCUT2D eigenvalue weighted by Crippen LogP contribution is 2.27. The number of ether oxygens (including phenoxy) is 1.